The average Bonchev–Trinajstić information content (AvgIpc) is 3.18. The Balaban J connectivity index is 2.35. The molecule has 18 heavy (non-hydrogen) atoms. The third-order valence-electron chi connectivity index (χ3n) is 3.34. The van der Waals surface area contributed by atoms with Gasteiger partial charge in [-0.25, -0.2) is 0 Å². The summed E-state index contributed by atoms with van der Waals surface area (Å²) < 4.78 is 5.13. The van der Waals surface area contributed by atoms with Crippen molar-refractivity contribution in [2.45, 2.75) is 32.7 Å². The maximum absolute atomic E-state index is 9.32. The Labute approximate surface area is 107 Å². The number of hydrogen-bond donors (Lipinski definition) is 0. The van der Waals surface area contributed by atoms with Crippen LogP contribution in [-0.4, -0.2) is 36.5 Å². The molecule has 0 radical (unpaired) electrons. The second-order valence-electron chi connectivity index (χ2n) is 4.64. The summed E-state index contributed by atoms with van der Waals surface area (Å²) in [6, 6.07) is 2.75. The van der Waals surface area contributed by atoms with E-state index >= 15 is 0 Å². The molecule has 0 bridgehead atoms. The predicted octanol–water partition coefficient (Wildman–Crippen LogP) is 1.58. The lowest BCUT2D eigenvalue weighted by Gasteiger charge is -2.24. The number of hydrogen-bond acceptors (Lipinski definition) is 5. The van der Waals surface area contributed by atoms with E-state index in [0.717, 1.165) is 30.6 Å². The average molecular weight is 246 g/mol. The molecule has 1 heterocycles. The Bertz CT molecular complexity index is 477. The molecule has 5 heteroatoms. The van der Waals surface area contributed by atoms with Crippen molar-refractivity contribution < 1.29 is 4.74 Å². The molecule has 1 saturated carbocycles. The van der Waals surface area contributed by atoms with E-state index in [0.29, 0.717) is 24.0 Å². The molecule has 0 aromatic carbocycles. The Kier molecular flexibility index (Phi) is 3.78. The van der Waals surface area contributed by atoms with Crippen LogP contribution in [0.2, 0.25) is 0 Å². The van der Waals surface area contributed by atoms with Crippen molar-refractivity contribution in [1.29, 1.82) is 5.26 Å². The van der Waals surface area contributed by atoms with Gasteiger partial charge in [-0.15, -0.1) is 5.10 Å². The van der Waals surface area contributed by atoms with Crippen LogP contribution in [0.1, 0.15) is 29.7 Å². The number of nitriles is 1. The zero-order valence-corrected chi connectivity index (χ0v) is 11.1. The maximum Gasteiger partial charge on any atom is 0.169 e. The van der Waals surface area contributed by atoms with E-state index in [1.807, 2.05) is 13.8 Å². The van der Waals surface area contributed by atoms with E-state index in [1.54, 1.807) is 7.11 Å². The Morgan fingerprint density at radius 2 is 2.11 bits per heavy atom. The van der Waals surface area contributed by atoms with E-state index < -0.39 is 0 Å². The number of ether oxygens (including phenoxy) is 1. The summed E-state index contributed by atoms with van der Waals surface area (Å²) in [6.45, 7) is 5.19. The van der Waals surface area contributed by atoms with Gasteiger partial charge in [0.1, 0.15) is 11.6 Å². The first-order chi connectivity index (χ1) is 8.69. The number of aromatic nitrogens is 2. The summed E-state index contributed by atoms with van der Waals surface area (Å²) in [5.41, 5.74) is 2.38. The smallest absolute Gasteiger partial charge is 0.169 e. The van der Waals surface area contributed by atoms with Gasteiger partial charge in [0.05, 0.1) is 12.3 Å². The van der Waals surface area contributed by atoms with Gasteiger partial charge < -0.3 is 9.64 Å². The Hall–Kier alpha value is -1.67. The monoisotopic (exact) mass is 246 g/mol. The van der Waals surface area contributed by atoms with Crippen LogP contribution in [0, 0.1) is 25.2 Å². The van der Waals surface area contributed by atoms with Crippen LogP contribution < -0.4 is 4.90 Å². The quantitative estimate of drug-likeness (QED) is 0.789. The highest BCUT2D eigenvalue weighted by molar-refractivity contribution is 5.58. The Morgan fingerprint density at radius 3 is 2.67 bits per heavy atom. The summed E-state index contributed by atoms with van der Waals surface area (Å²) in [5, 5.41) is 17.7. The molecule has 1 aliphatic rings. The molecule has 0 unspecified atom stereocenters. The highest BCUT2D eigenvalue weighted by Gasteiger charge is 2.32. The molecular weight excluding hydrogens is 228 g/mol. The van der Waals surface area contributed by atoms with Crippen molar-refractivity contribution in [2.75, 3.05) is 25.2 Å². The SMILES string of the molecule is COCCN(c1nnc(C)c(C)c1C#N)C1CC1. The molecule has 2 rings (SSSR count). The lowest BCUT2D eigenvalue weighted by Crippen LogP contribution is -2.31. The molecule has 96 valence electrons. The van der Waals surface area contributed by atoms with Crippen molar-refractivity contribution in [1.82, 2.24) is 10.2 Å². The molecular formula is C13H18N4O. The van der Waals surface area contributed by atoms with Crippen molar-refractivity contribution in [3.8, 4) is 6.07 Å². The van der Waals surface area contributed by atoms with Crippen LogP contribution in [0.5, 0.6) is 0 Å². The van der Waals surface area contributed by atoms with Gasteiger partial charge in [-0.05, 0) is 32.3 Å². The molecule has 1 fully saturated rings. The molecule has 1 aliphatic carbocycles. The summed E-state index contributed by atoms with van der Waals surface area (Å²) in [7, 11) is 1.68. The number of methoxy groups -OCH3 is 1. The van der Waals surface area contributed by atoms with Crippen molar-refractivity contribution in [3.05, 3.63) is 16.8 Å². The molecule has 5 nitrogen and oxygen atoms in total. The molecule has 0 saturated heterocycles. The number of rotatable bonds is 5. The predicted molar refractivity (Wildman–Crippen MR) is 68.5 cm³/mol. The molecule has 0 spiro atoms. The second kappa shape index (κ2) is 5.32. The zero-order valence-electron chi connectivity index (χ0n) is 11.1. The molecule has 0 N–H and O–H groups in total. The minimum absolute atomic E-state index is 0.489. The molecule has 0 amide bonds. The number of nitrogens with zero attached hydrogens (tertiary/aromatic N) is 4. The summed E-state index contributed by atoms with van der Waals surface area (Å²) in [4.78, 5) is 2.15. The van der Waals surface area contributed by atoms with Gasteiger partial charge in [-0.2, -0.15) is 10.4 Å². The van der Waals surface area contributed by atoms with Gasteiger partial charge in [0.2, 0.25) is 0 Å². The normalized spacial score (nSPS) is 14.3. The molecule has 1 aromatic heterocycles. The fourth-order valence-electron chi connectivity index (χ4n) is 1.97. The van der Waals surface area contributed by atoms with Gasteiger partial charge in [-0.3, -0.25) is 0 Å². The third-order valence-corrected chi connectivity index (χ3v) is 3.34. The van der Waals surface area contributed by atoms with Gasteiger partial charge >= 0.3 is 0 Å². The van der Waals surface area contributed by atoms with Crippen LogP contribution in [-0.2, 0) is 4.74 Å². The van der Waals surface area contributed by atoms with Gasteiger partial charge in [-0.1, -0.05) is 0 Å². The maximum atomic E-state index is 9.32. The first-order valence-corrected chi connectivity index (χ1v) is 6.18. The highest BCUT2D eigenvalue weighted by atomic mass is 16.5. The summed E-state index contributed by atoms with van der Waals surface area (Å²) in [5.74, 6) is 0.708. The molecule has 0 atom stereocenters. The molecule has 0 aliphatic heterocycles. The van der Waals surface area contributed by atoms with E-state index in [4.69, 9.17) is 4.74 Å². The van der Waals surface area contributed by atoms with Crippen LogP contribution in [0.4, 0.5) is 5.82 Å². The third kappa shape index (κ3) is 2.44. The lowest BCUT2D eigenvalue weighted by molar-refractivity contribution is 0.204. The van der Waals surface area contributed by atoms with E-state index in [2.05, 4.69) is 21.2 Å². The van der Waals surface area contributed by atoms with Crippen LogP contribution in [0.15, 0.2) is 0 Å². The topological polar surface area (TPSA) is 62.0 Å². The fourth-order valence-corrected chi connectivity index (χ4v) is 1.97. The number of anilines is 1. The van der Waals surface area contributed by atoms with Crippen molar-refractivity contribution >= 4 is 5.82 Å². The van der Waals surface area contributed by atoms with Crippen LogP contribution in [0.25, 0.3) is 0 Å². The first kappa shape index (κ1) is 12.8. The Morgan fingerprint density at radius 1 is 1.39 bits per heavy atom. The zero-order chi connectivity index (χ0) is 13.1. The van der Waals surface area contributed by atoms with Crippen molar-refractivity contribution in [3.63, 3.8) is 0 Å². The van der Waals surface area contributed by atoms with Gasteiger partial charge in [0, 0.05) is 19.7 Å². The first-order valence-electron chi connectivity index (χ1n) is 6.18. The van der Waals surface area contributed by atoms with Gasteiger partial charge in [0.25, 0.3) is 0 Å². The fraction of sp³-hybridized carbons (Fsp3) is 0.615. The standard InChI is InChI=1S/C13H18N4O/c1-9-10(2)15-16-13(12(9)8-14)17(6-7-18-3)11-4-5-11/h11H,4-7H2,1-3H3. The highest BCUT2D eigenvalue weighted by Crippen LogP contribution is 2.32. The lowest BCUT2D eigenvalue weighted by atomic mass is 10.1. The second-order valence-corrected chi connectivity index (χ2v) is 4.64. The van der Waals surface area contributed by atoms with E-state index in [1.165, 1.54) is 0 Å². The minimum atomic E-state index is 0.489. The largest absolute Gasteiger partial charge is 0.383 e. The summed E-state index contributed by atoms with van der Waals surface area (Å²) in [6.07, 6.45) is 2.31. The summed E-state index contributed by atoms with van der Waals surface area (Å²) >= 11 is 0. The number of aryl methyl sites for hydroxylation is 1. The minimum Gasteiger partial charge on any atom is -0.383 e. The van der Waals surface area contributed by atoms with Crippen LogP contribution >= 0.6 is 0 Å². The van der Waals surface area contributed by atoms with Gasteiger partial charge in [0.15, 0.2) is 5.82 Å². The van der Waals surface area contributed by atoms with Crippen LogP contribution in [0.3, 0.4) is 0 Å². The van der Waals surface area contributed by atoms with E-state index in [-0.39, 0.29) is 0 Å². The molecule has 1 aromatic rings. The van der Waals surface area contributed by atoms with E-state index in [9.17, 15) is 5.26 Å². The van der Waals surface area contributed by atoms with Crippen molar-refractivity contribution in [2.24, 2.45) is 0 Å².